The molecule has 0 radical (unpaired) electrons. The van der Waals surface area contributed by atoms with E-state index in [1.54, 1.807) is 0 Å². The predicted octanol–water partition coefficient (Wildman–Crippen LogP) is 2.30. The van der Waals surface area contributed by atoms with Crippen molar-refractivity contribution in [1.29, 1.82) is 0 Å². The minimum absolute atomic E-state index is 0.819. The second kappa shape index (κ2) is 6.11. The Morgan fingerprint density at radius 3 is 2.60 bits per heavy atom. The Kier molecular flexibility index (Phi) is 5.09. The van der Waals surface area contributed by atoms with Gasteiger partial charge in [0.15, 0.2) is 0 Å². The normalized spacial score (nSPS) is 11.0. The number of nitrogens with one attached hydrogen (secondary N) is 1. The van der Waals surface area contributed by atoms with Crippen molar-refractivity contribution in [2.45, 2.75) is 13.5 Å². The van der Waals surface area contributed by atoms with Gasteiger partial charge in [-0.1, -0.05) is 17.7 Å². The Morgan fingerprint density at radius 2 is 2.00 bits per heavy atom. The van der Waals surface area contributed by atoms with Crippen LogP contribution in [-0.4, -0.2) is 32.1 Å². The van der Waals surface area contributed by atoms with E-state index in [4.69, 9.17) is 11.6 Å². The fourth-order valence-electron chi connectivity index (χ4n) is 1.45. The third-order valence-corrected chi connectivity index (χ3v) is 2.39. The lowest BCUT2D eigenvalue weighted by Crippen LogP contribution is -2.26. The maximum atomic E-state index is 5.98. The van der Waals surface area contributed by atoms with Crippen molar-refractivity contribution >= 4 is 11.6 Å². The van der Waals surface area contributed by atoms with Crippen LogP contribution in [0.5, 0.6) is 0 Å². The van der Waals surface area contributed by atoms with E-state index in [0.29, 0.717) is 0 Å². The second-order valence-electron chi connectivity index (χ2n) is 4.12. The number of aryl methyl sites for hydroxylation is 1. The summed E-state index contributed by atoms with van der Waals surface area (Å²) in [5, 5.41) is 4.21. The van der Waals surface area contributed by atoms with E-state index >= 15 is 0 Å². The topological polar surface area (TPSA) is 15.3 Å². The fourth-order valence-corrected chi connectivity index (χ4v) is 1.76. The van der Waals surface area contributed by atoms with Gasteiger partial charge in [-0.15, -0.1) is 0 Å². The maximum Gasteiger partial charge on any atom is 0.0411 e. The quantitative estimate of drug-likeness (QED) is 0.776. The summed E-state index contributed by atoms with van der Waals surface area (Å²) in [5.74, 6) is 0. The molecule has 1 aromatic rings. The Hall–Kier alpha value is -0.570. The first kappa shape index (κ1) is 12.5. The zero-order chi connectivity index (χ0) is 11.3. The van der Waals surface area contributed by atoms with Gasteiger partial charge in [0.25, 0.3) is 0 Å². The molecule has 0 saturated carbocycles. The summed E-state index contributed by atoms with van der Waals surface area (Å²) in [7, 11) is 4.15. The van der Waals surface area contributed by atoms with Gasteiger partial charge >= 0.3 is 0 Å². The number of benzene rings is 1. The van der Waals surface area contributed by atoms with Gasteiger partial charge in [-0.25, -0.2) is 0 Å². The van der Waals surface area contributed by atoms with Gasteiger partial charge in [-0.05, 0) is 44.3 Å². The highest BCUT2D eigenvalue weighted by Crippen LogP contribution is 2.14. The molecule has 84 valence electrons. The molecule has 3 heteroatoms. The van der Waals surface area contributed by atoms with Gasteiger partial charge in [0.1, 0.15) is 0 Å². The second-order valence-corrected chi connectivity index (χ2v) is 4.55. The monoisotopic (exact) mass is 226 g/mol. The molecule has 2 nitrogen and oxygen atoms in total. The molecule has 0 heterocycles. The molecule has 0 atom stereocenters. The highest BCUT2D eigenvalue weighted by molar-refractivity contribution is 6.30. The van der Waals surface area contributed by atoms with Crippen molar-refractivity contribution in [2.24, 2.45) is 0 Å². The van der Waals surface area contributed by atoms with Gasteiger partial charge in [-0.3, -0.25) is 0 Å². The first-order valence-electron chi connectivity index (χ1n) is 5.19. The Morgan fingerprint density at radius 1 is 1.27 bits per heavy atom. The molecule has 1 rings (SSSR count). The molecule has 0 aliphatic carbocycles. The number of nitrogens with zero attached hydrogens (tertiary/aromatic N) is 1. The first-order valence-corrected chi connectivity index (χ1v) is 5.57. The zero-order valence-corrected chi connectivity index (χ0v) is 10.4. The van der Waals surface area contributed by atoms with E-state index < -0.39 is 0 Å². The summed E-state index contributed by atoms with van der Waals surface area (Å²) in [6.45, 7) is 5.00. The molecular weight excluding hydrogens is 208 g/mol. The Balaban J connectivity index is 2.37. The van der Waals surface area contributed by atoms with Crippen molar-refractivity contribution in [1.82, 2.24) is 10.2 Å². The van der Waals surface area contributed by atoms with Crippen LogP contribution in [0.3, 0.4) is 0 Å². The summed E-state index contributed by atoms with van der Waals surface area (Å²) >= 11 is 5.98. The van der Waals surface area contributed by atoms with Crippen molar-refractivity contribution in [2.75, 3.05) is 27.2 Å². The van der Waals surface area contributed by atoms with Crippen molar-refractivity contribution in [3.8, 4) is 0 Å². The molecule has 0 unspecified atom stereocenters. The minimum Gasteiger partial charge on any atom is -0.311 e. The summed E-state index contributed by atoms with van der Waals surface area (Å²) in [5.41, 5.74) is 2.46. The van der Waals surface area contributed by atoms with Crippen LogP contribution in [0.15, 0.2) is 18.2 Å². The molecule has 1 aromatic carbocycles. The van der Waals surface area contributed by atoms with Gasteiger partial charge in [-0.2, -0.15) is 0 Å². The third kappa shape index (κ3) is 5.17. The highest BCUT2D eigenvalue weighted by Gasteiger charge is 1.97. The fraction of sp³-hybridized carbons (Fsp3) is 0.500. The van der Waals surface area contributed by atoms with E-state index in [9.17, 15) is 0 Å². The SMILES string of the molecule is Cc1cc(Cl)cc(CNCCN(C)C)c1. The summed E-state index contributed by atoms with van der Waals surface area (Å²) in [6.07, 6.45) is 0. The average Bonchev–Trinajstić information content (AvgIpc) is 2.10. The van der Waals surface area contributed by atoms with Gasteiger partial charge in [0.05, 0.1) is 0 Å². The molecule has 1 N–H and O–H groups in total. The first-order chi connectivity index (χ1) is 7.08. The van der Waals surface area contributed by atoms with Crippen molar-refractivity contribution in [3.05, 3.63) is 34.3 Å². The molecule has 0 aliphatic heterocycles. The minimum atomic E-state index is 0.819. The van der Waals surface area contributed by atoms with Crippen LogP contribution in [-0.2, 0) is 6.54 Å². The van der Waals surface area contributed by atoms with Crippen molar-refractivity contribution in [3.63, 3.8) is 0 Å². The number of hydrogen-bond acceptors (Lipinski definition) is 2. The number of hydrogen-bond donors (Lipinski definition) is 1. The van der Waals surface area contributed by atoms with Crippen LogP contribution >= 0.6 is 11.6 Å². The molecule has 0 aliphatic rings. The van der Waals surface area contributed by atoms with Crippen LogP contribution in [0, 0.1) is 6.92 Å². The average molecular weight is 227 g/mol. The number of rotatable bonds is 5. The van der Waals surface area contributed by atoms with E-state index in [2.05, 4.69) is 37.3 Å². The van der Waals surface area contributed by atoms with E-state index in [1.165, 1.54) is 11.1 Å². The maximum absolute atomic E-state index is 5.98. The van der Waals surface area contributed by atoms with Crippen LogP contribution in [0.4, 0.5) is 0 Å². The molecule has 0 fully saturated rings. The molecular formula is C12H19ClN2. The number of likely N-dealkylation sites (N-methyl/N-ethyl adjacent to an activating group) is 1. The van der Waals surface area contributed by atoms with Gasteiger partial charge in [0, 0.05) is 24.7 Å². The Bertz CT molecular complexity index is 290. The van der Waals surface area contributed by atoms with Crippen LogP contribution in [0.25, 0.3) is 0 Å². The van der Waals surface area contributed by atoms with E-state index in [1.807, 2.05) is 12.1 Å². The smallest absolute Gasteiger partial charge is 0.0411 e. The summed E-state index contributed by atoms with van der Waals surface area (Å²) in [4.78, 5) is 2.16. The van der Waals surface area contributed by atoms with Crippen LogP contribution in [0.2, 0.25) is 5.02 Å². The molecule has 15 heavy (non-hydrogen) atoms. The van der Waals surface area contributed by atoms with E-state index in [0.717, 1.165) is 24.7 Å². The van der Waals surface area contributed by atoms with Crippen molar-refractivity contribution < 1.29 is 0 Å². The van der Waals surface area contributed by atoms with Gasteiger partial charge in [0.2, 0.25) is 0 Å². The lowest BCUT2D eigenvalue weighted by molar-refractivity contribution is 0.400. The standard InChI is InChI=1S/C12H19ClN2/c1-10-6-11(8-12(13)7-10)9-14-4-5-15(2)3/h6-8,14H,4-5,9H2,1-3H3. The summed E-state index contributed by atoms with van der Waals surface area (Å²) < 4.78 is 0. The lowest BCUT2D eigenvalue weighted by Gasteiger charge is -2.10. The predicted molar refractivity (Wildman–Crippen MR) is 66.4 cm³/mol. The molecule has 0 aromatic heterocycles. The molecule has 0 spiro atoms. The van der Waals surface area contributed by atoms with E-state index in [-0.39, 0.29) is 0 Å². The molecule has 0 bridgehead atoms. The van der Waals surface area contributed by atoms with Gasteiger partial charge < -0.3 is 10.2 Å². The Labute approximate surface area is 97.2 Å². The summed E-state index contributed by atoms with van der Waals surface area (Å²) in [6, 6.07) is 6.15. The highest BCUT2D eigenvalue weighted by atomic mass is 35.5. The molecule has 0 saturated heterocycles. The molecule has 0 amide bonds. The van der Waals surface area contributed by atoms with Crippen LogP contribution < -0.4 is 5.32 Å². The van der Waals surface area contributed by atoms with Crippen LogP contribution in [0.1, 0.15) is 11.1 Å². The lowest BCUT2D eigenvalue weighted by atomic mass is 10.1. The third-order valence-electron chi connectivity index (χ3n) is 2.17. The number of halogens is 1. The zero-order valence-electron chi connectivity index (χ0n) is 9.68. The largest absolute Gasteiger partial charge is 0.311 e.